The molecule has 0 radical (unpaired) electrons. The van der Waals surface area contributed by atoms with Crippen molar-refractivity contribution in [1.29, 1.82) is 0 Å². The smallest absolute Gasteiger partial charge is 0.462 e. The Bertz CT molecular complexity index is 1960. The predicted octanol–water partition coefficient (Wildman–Crippen LogP) is 24.5. The van der Waals surface area contributed by atoms with Gasteiger partial charge in [-0.15, -0.1) is 0 Å². The number of hydrogen-bond acceptors (Lipinski definition) is 15. The molecule has 3 N–H and O–H groups in total. The first-order valence-corrected chi connectivity index (χ1v) is 45.4. The molecule has 19 heteroatoms. The maximum Gasteiger partial charge on any atom is 0.472 e. The van der Waals surface area contributed by atoms with Gasteiger partial charge in [-0.05, 0) is 43.4 Å². The van der Waals surface area contributed by atoms with E-state index in [1.165, 1.54) is 231 Å². The topological polar surface area (TPSA) is 237 Å². The van der Waals surface area contributed by atoms with E-state index in [2.05, 4.69) is 48.5 Å². The highest BCUT2D eigenvalue weighted by Gasteiger charge is 2.30. The summed E-state index contributed by atoms with van der Waals surface area (Å²) in [6.45, 7) is 12.0. The lowest BCUT2D eigenvalue weighted by Gasteiger charge is -2.21. The van der Waals surface area contributed by atoms with Crippen molar-refractivity contribution in [2.24, 2.45) is 17.8 Å². The summed E-state index contributed by atoms with van der Waals surface area (Å²) < 4.78 is 68.8. The fraction of sp³-hybridized carbons (Fsp3) is 0.951. The number of esters is 4. The molecule has 0 aliphatic rings. The van der Waals surface area contributed by atoms with Gasteiger partial charge < -0.3 is 33.8 Å². The zero-order valence-electron chi connectivity index (χ0n) is 66.4. The first-order chi connectivity index (χ1) is 48.8. The van der Waals surface area contributed by atoms with Crippen molar-refractivity contribution in [2.75, 3.05) is 39.6 Å². The zero-order valence-corrected chi connectivity index (χ0v) is 68.2. The fourth-order valence-electron chi connectivity index (χ4n) is 12.6. The predicted molar refractivity (Wildman–Crippen MR) is 414 cm³/mol. The van der Waals surface area contributed by atoms with Crippen LogP contribution in [0.4, 0.5) is 0 Å². The Kier molecular flexibility index (Phi) is 70.9. The van der Waals surface area contributed by atoms with E-state index in [0.717, 1.165) is 108 Å². The third kappa shape index (κ3) is 74.7. The first kappa shape index (κ1) is 99.1. The highest BCUT2D eigenvalue weighted by molar-refractivity contribution is 7.47. The number of carbonyl (C=O) groups excluding carboxylic acids is 4. The van der Waals surface area contributed by atoms with Crippen LogP contribution in [-0.4, -0.2) is 96.7 Å². The summed E-state index contributed by atoms with van der Waals surface area (Å²) in [5.74, 6) is 0.241. The van der Waals surface area contributed by atoms with Gasteiger partial charge in [-0.25, -0.2) is 9.13 Å². The maximum absolute atomic E-state index is 13.1. The van der Waals surface area contributed by atoms with Crippen LogP contribution in [0.2, 0.25) is 0 Å². The summed E-state index contributed by atoms with van der Waals surface area (Å²) in [5.41, 5.74) is 0. The molecule has 0 aromatic heterocycles. The van der Waals surface area contributed by atoms with Gasteiger partial charge in [-0.3, -0.25) is 37.3 Å². The second-order valence-electron chi connectivity index (χ2n) is 30.7. The lowest BCUT2D eigenvalue weighted by atomic mass is 9.99. The van der Waals surface area contributed by atoms with Gasteiger partial charge in [0.25, 0.3) is 0 Å². The normalized spacial score (nSPS) is 14.2. The van der Waals surface area contributed by atoms with Crippen molar-refractivity contribution in [3.63, 3.8) is 0 Å². The molecule has 0 aliphatic carbocycles. The average molecular weight is 1480 g/mol. The number of ether oxygens (including phenoxy) is 4. The molecule has 0 fully saturated rings. The van der Waals surface area contributed by atoms with E-state index < -0.39 is 97.5 Å². The van der Waals surface area contributed by atoms with Crippen LogP contribution in [-0.2, 0) is 65.4 Å². The molecular weight excluding hydrogens is 1320 g/mol. The van der Waals surface area contributed by atoms with Gasteiger partial charge in [0.05, 0.1) is 26.4 Å². The second kappa shape index (κ2) is 72.3. The first-order valence-electron chi connectivity index (χ1n) is 42.4. The molecule has 0 spiro atoms. The summed E-state index contributed by atoms with van der Waals surface area (Å²) >= 11 is 0. The van der Waals surface area contributed by atoms with Gasteiger partial charge in [0, 0.05) is 25.7 Å². The Hall–Kier alpha value is -1.94. The maximum atomic E-state index is 13.1. The van der Waals surface area contributed by atoms with E-state index in [-0.39, 0.29) is 25.7 Å². The molecule has 0 heterocycles. The van der Waals surface area contributed by atoms with Crippen molar-refractivity contribution < 1.29 is 80.2 Å². The minimum Gasteiger partial charge on any atom is -0.462 e. The second-order valence-corrected chi connectivity index (χ2v) is 33.6. The molecule has 6 atom stereocenters. The van der Waals surface area contributed by atoms with Crippen molar-refractivity contribution in [1.82, 2.24) is 0 Å². The van der Waals surface area contributed by atoms with E-state index in [1.54, 1.807) is 0 Å². The van der Waals surface area contributed by atoms with Crippen molar-refractivity contribution in [3.8, 4) is 0 Å². The van der Waals surface area contributed by atoms with E-state index in [4.69, 9.17) is 37.0 Å². The van der Waals surface area contributed by atoms with Crippen molar-refractivity contribution >= 4 is 39.5 Å². The molecule has 600 valence electrons. The summed E-state index contributed by atoms with van der Waals surface area (Å²) in [6, 6.07) is 0. The van der Waals surface area contributed by atoms with Crippen LogP contribution in [0.1, 0.15) is 427 Å². The Labute approximate surface area is 619 Å². The number of unbranched alkanes of at least 4 members (excludes halogenated alkanes) is 47. The van der Waals surface area contributed by atoms with Gasteiger partial charge >= 0.3 is 39.5 Å². The van der Waals surface area contributed by atoms with Crippen LogP contribution in [0.3, 0.4) is 0 Å². The summed E-state index contributed by atoms with van der Waals surface area (Å²) in [5, 5.41) is 10.7. The van der Waals surface area contributed by atoms with Crippen LogP contribution in [0, 0.1) is 17.8 Å². The van der Waals surface area contributed by atoms with Crippen LogP contribution in [0.25, 0.3) is 0 Å². The lowest BCUT2D eigenvalue weighted by Crippen LogP contribution is -2.30. The number of aliphatic hydroxyl groups is 1. The van der Waals surface area contributed by atoms with E-state index in [0.29, 0.717) is 31.6 Å². The summed E-state index contributed by atoms with van der Waals surface area (Å²) in [6.07, 6.45) is 61.0. The minimum atomic E-state index is -4.96. The average Bonchev–Trinajstić information content (AvgIpc) is 0.961. The third-order valence-corrected chi connectivity index (χ3v) is 21.4. The van der Waals surface area contributed by atoms with Crippen molar-refractivity contribution in [3.05, 3.63) is 0 Å². The molecule has 0 bridgehead atoms. The van der Waals surface area contributed by atoms with Gasteiger partial charge in [-0.1, -0.05) is 376 Å². The fourth-order valence-corrected chi connectivity index (χ4v) is 14.2. The number of phosphoric ester groups is 2. The Morgan fingerprint density at radius 1 is 0.287 bits per heavy atom. The van der Waals surface area contributed by atoms with Crippen LogP contribution in [0.5, 0.6) is 0 Å². The van der Waals surface area contributed by atoms with Gasteiger partial charge in [0.2, 0.25) is 0 Å². The molecular formula is C82H160O17P2. The quantitative estimate of drug-likeness (QED) is 0.0222. The summed E-state index contributed by atoms with van der Waals surface area (Å²) in [4.78, 5) is 73.1. The van der Waals surface area contributed by atoms with Crippen LogP contribution < -0.4 is 0 Å². The van der Waals surface area contributed by atoms with E-state index in [9.17, 15) is 43.2 Å². The SMILES string of the molecule is CCCCCCCCCCCCCCCCCCC(=O)O[C@H](COC(=O)CCCCCCCCCC(C)C)COP(=O)(O)OC[C@H](O)COP(=O)(O)OC[C@@H](COC(=O)CCCCCCCCCCCCCCCCC(C)C)OC(=O)CCCCCCCCCCCCCCCCC(C)CC. The van der Waals surface area contributed by atoms with Crippen molar-refractivity contribution in [2.45, 2.75) is 446 Å². The molecule has 0 saturated carbocycles. The van der Waals surface area contributed by atoms with Gasteiger partial charge in [-0.2, -0.15) is 0 Å². The number of carbonyl (C=O) groups is 4. The van der Waals surface area contributed by atoms with E-state index in [1.807, 2.05) is 0 Å². The van der Waals surface area contributed by atoms with Gasteiger partial charge in [0.1, 0.15) is 19.3 Å². The number of phosphoric acid groups is 2. The largest absolute Gasteiger partial charge is 0.472 e. The molecule has 0 aromatic rings. The van der Waals surface area contributed by atoms with Crippen LogP contribution >= 0.6 is 15.6 Å². The molecule has 0 aromatic carbocycles. The van der Waals surface area contributed by atoms with E-state index >= 15 is 0 Å². The highest BCUT2D eigenvalue weighted by Crippen LogP contribution is 2.45. The number of aliphatic hydroxyl groups excluding tert-OH is 1. The van der Waals surface area contributed by atoms with Crippen LogP contribution in [0.15, 0.2) is 0 Å². The van der Waals surface area contributed by atoms with Gasteiger partial charge in [0.15, 0.2) is 12.2 Å². The monoisotopic (exact) mass is 1480 g/mol. The third-order valence-electron chi connectivity index (χ3n) is 19.5. The molecule has 0 aliphatic heterocycles. The molecule has 17 nitrogen and oxygen atoms in total. The molecule has 3 unspecified atom stereocenters. The number of rotatable bonds is 80. The molecule has 0 amide bonds. The summed E-state index contributed by atoms with van der Waals surface area (Å²) in [7, 11) is -9.92. The zero-order chi connectivity index (χ0) is 74.4. The molecule has 0 rings (SSSR count). The number of hydrogen-bond donors (Lipinski definition) is 3. The lowest BCUT2D eigenvalue weighted by molar-refractivity contribution is -0.161. The Balaban J connectivity index is 5.25. The Morgan fingerprint density at radius 2 is 0.505 bits per heavy atom. The molecule has 0 saturated heterocycles. The Morgan fingerprint density at radius 3 is 0.752 bits per heavy atom. The minimum absolute atomic E-state index is 0.107. The standard InChI is InChI=1S/C82H160O17P2/c1-8-10-11-12-13-14-15-16-17-18-26-31-36-43-51-58-65-82(87)99-78(70-93-80(85)64-57-50-45-38-40-47-54-61-74(5)6)72-97-101(90,91)95-68-76(83)67-94-100(88,89)96-71-77(69-92-79(84)63-56-49-42-35-30-25-21-19-23-28-33-39-46-53-60-73(3)4)98-81(86)66-59-52-44-37-32-27-22-20-24-29-34-41-48-55-62-75(7)9-2/h73-78,83H,8-72H2,1-7H3,(H,88,89)(H,90,91)/t75?,76-,77-,78-/m1/s1. The highest BCUT2D eigenvalue weighted by atomic mass is 31.2. The molecule has 101 heavy (non-hydrogen) atoms.